The number of carbonyl (C=O) groups excluding carboxylic acids is 4. The van der Waals surface area contributed by atoms with Gasteiger partial charge in [0, 0.05) is 5.56 Å². The normalized spacial score (nSPS) is 11.5. The van der Waals surface area contributed by atoms with Crippen LogP contribution in [0.2, 0.25) is 0 Å². The van der Waals surface area contributed by atoms with Gasteiger partial charge in [0.1, 0.15) is 0 Å². The van der Waals surface area contributed by atoms with Gasteiger partial charge in [-0.15, -0.1) is 0 Å². The molecule has 0 bridgehead atoms. The third kappa shape index (κ3) is 4.73. The van der Waals surface area contributed by atoms with E-state index in [1.54, 1.807) is 30.3 Å². The molecule has 0 N–H and O–H groups in total. The van der Waals surface area contributed by atoms with Gasteiger partial charge in [0.05, 0.1) is 0 Å². The van der Waals surface area contributed by atoms with E-state index in [-0.39, 0.29) is 0 Å². The number of benzene rings is 2. The first-order valence-corrected chi connectivity index (χ1v) is 7.22. The molecule has 0 aliphatic heterocycles. The Hall–Kier alpha value is -4.04. The third-order valence-corrected chi connectivity index (χ3v) is 3.36. The molecule has 0 saturated heterocycles. The van der Waals surface area contributed by atoms with Crippen molar-refractivity contribution in [1.82, 2.24) is 0 Å². The van der Waals surface area contributed by atoms with Crippen LogP contribution in [0.4, 0.5) is 0 Å². The predicted octanol–water partition coefficient (Wildman–Crippen LogP) is 2.69. The van der Waals surface area contributed by atoms with E-state index in [2.05, 4.69) is 20.0 Å². The molecule has 0 unspecified atom stereocenters. The van der Waals surface area contributed by atoms with E-state index in [1.807, 2.05) is 18.2 Å². The van der Waals surface area contributed by atoms with Crippen LogP contribution in [0, 0.1) is 0 Å². The van der Waals surface area contributed by atoms with Gasteiger partial charge in [-0.25, -0.2) is 19.2 Å². The molecule has 0 radical (unpaired) electrons. The molecule has 8 heteroatoms. The van der Waals surface area contributed by atoms with Gasteiger partial charge in [-0.3, -0.25) is 0 Å². The Morgan fingerprint density at radius 2 is 1.19 bits per heavy atom. The molecule has 0 saturated carbocycles. The summed E-state index contributed by atoms with van der Waals surface area (Å²) in [6.07, 6.45) is 3.89. The van der Waals surface area contributed by atoms with E-state index in [1.165, 1.54) is 24.3 Å². The molecule has 0 spiro atoms. The van der Waals surface area contributed by atoms with Crippen LogP contribution in [0.1, 0.15) is 23.5 Å². The molecule has 8 nitrogen and oxygen atoms in total. The predicted molar refractivity (Wildman–Crippen MR) is 89.8 cm³/mol. The summed E-state index contributed by atoms with van der Waals surface area (Å²) in [5, 5.41) is 0. The summed E-state index contributed by atoms with van der Waals surface area (Å²) in [7, 11) is 0. The van der Waals surface area contributed by atoms with E-state index >= 15 is 0 Å². The zero-order chi connectivity index (χ0) is 18.8. The minimum absolute atomic E-state index is 0.661. The van der Waals surface area contributed by atoms with Gasteiger partial charge in [0.15, 0.2) is 12.3 Å². The summed E-state index contributed by atoms with van der Waals surface area (Å²) in [4.78, 5) is 53.5. The number of isocyanates is 4. The number of fused-ring (bicyclic) bond motifs is 1. The molecule has 1 aromatic carbocycles. The molecule has 126 valence electrons. The van der Waals surface area contributed by atoms with E-state index in [9.17, 15) is 19.2 Å². The summed E-state index contributed by atoms with van der Waals surface area (Å²) in [6, 6.07) is 14.4. The number of hydrogen-bond acceptors (Lipinski definition) is 8. The van der Waals surface area contributed by atoms with Crippen LogP contribution < -0.4 is 0 Å². The fourth-order valence-corrected chi connectivity index (χ4v) is 2.17. The van der Waals surface area contributed by atoms with Gasteiger partial charge in [-0.05, 0) is 22.8 Å². The largest absolute Gasteiger partial charge is 0.237 e. The van der Waals surface area contributed by atoms with E-state index in [0.29, 0.717) is 5.56 Å². The van der Waals surface area contributed by atoms with Gasteiger partial charge < -0.3 is 0 Å². The molecule has 2 aliphatic carbocycles. The van der Waals surface area contributed by atoms with Crippen LogP contribution in [0.25, 0.3) is 11.1 Å². The first-order chi connectivity index (χ1) is 12.7. The Morgan fingerprint density at radius 1 is 0.654 bits per heavy atom. The highest BCUT2D eigenvalue weighted by molar-refractivity contribution is 5.85. The highest BCUT2D eigenvalue weighted by atomic mass is 16.1. The van der Waals surface area contributed by atoms with Crippen molar-refractivity contribution in [2.75, 3.05) is 0 Å². The Kier molecular flexibility index (Phi) is 6.55. The zero-order valence-corrected chi connectivity index (χ0v) is 13.2. The molecular formula is C18H10N4O4. The van der Waals surface area contributed by atoms with Gasteiger partial charge in [-0.2, -0.15) is 20.0 Å². The Balaban J connectivity index is 0.000000187. The fourth-order valence-electron chi connectivity index (χ4n) is 2.17. The summed E-state index contributed by atoms with van der Waals surface area (Å²) >= 11 is 0. The van der Waals surface area contributed by atoms with Crippen molar-refractivity contribution in [2.24, 2.45) is 20.0 Å². The average molecular weight is 346 g/mol. The van der Waals surface area contributed by atoms with Crippen molar-refractivity contribution in [2.45, 2.75) is 12.3 Å². The molecular weight excluding hydrogens is 336 g/mol. The molecule has 0 aromatic heterocycles. The summed E-state index contributed by atoms with van der Waals surface area (Å²) in [5.74, 6) is 0. The first kappa shape index (κ1) is 18.3. The minimum atomic E-state index is -0.809. The maximum atomic E-state index is 10.0. The summed E-state index contributed by atoms with van der Waals surface area (Å²) in [5.41, 5.74) is 3.56. The van der Waals surface area contributed by atoms with Crippen molar-refractivity contribution in [3.63, 3.8) is 0 Å². The third-order valence-electron chi connectivity index (χ3n) is 3.36. The number of aliphatic imine (C=N–C) groups is 4. The Bertz CT molecular complexity index is 944. The fraction of sp³-hybridized carbons (Fsp3) is 0.111. The summed E-state index contributed by atoms with van der Waals surface area (Å²) in [6.45, 7) is 0. The number of nitrogens with zero attached hydrogens (tertiary/aromatic N) is 4. The maximum absolute atomic E-state index is 10.0. The van der Waals surface area contributed by atoms with E-state index < -0.39 is 12.3 Å². The monoisotopic (exact) mass is 346 g/mol. The highest BCUT2D eigenvalue weighted by Gasteiger charge is 2.22. The Morgan fingerprint density at radius 3 is 1.62 bits per heavy atom. The molecule has 3 rings (SSSR count). The zero-order valence-electron chi connectivity index (χ0n) is 13.2. The maximum Gasteiger partial charge on any atom is 0.237 e. The van der Waals surface area contributed by atoms with Gasteiger partial charge >= 0.3 is 0 Å². The minimum Gasteiger partial charge on any atom is -0.211 e. The van der Waals surface area contributed by atoms with Crippen molar-refractivity contribution in [3.05, 3.63) is 59.7 Å². The van der Waals surface area contributed by atoms with E-state index in [0.717, 1.165) is 16.7 Å². The topological polar surface area (TPSA) is 118 Å². The smallest absolute Gasteiger partial charge is 0.211 e. The SMILES string of the molecule is O=C=NC(N=C=O)c1ccc2cc1-2.O=C=NC(N=C=O)c1ccccc1. The average Bonchev–Trinajstić information content (AvgIpc) is 3.33. The second kappa shape index (κ2) is 9.30. The number of rotatable bonds is 6. The highest BCUT2D eigenvalue weighted by Crippen LogP contribution is 2.42. The van der Waals surface area contributed by atoms with Crippen molar-refractivity contribution in [1.29, 1.82) is 0 Å². The van der Waals surface area contributed by atoms with Gasteiger partial charge in [0.2, 0.25) is 24.3 Å². The van der Waals surface area contributed by atoms with Crippen LogP contribution in [0.5, 0.6) is 0 Å². The standard InChI is InChI=1S/C9H4N2O2.C9H6N2O2/c12-4-10-9(11-5-13)7-2-1-6-3-8(6)7;12-6-10-9(11-7-13)8-4-2-1-3-5-8/h1-3,9H;1-5,9H. The van der Waals surface area contributed by atoms with Crippen LogP contribution in [0.15, 0.2) is 68.5 Å². The van der Waals surface area contributed by atoms with Crippen LogP contribution >= 0.6 is 0 Å². The molecule has 1 aromatic rings. The molecule has 0 fully saturated rings. The Labute approximate surface area is 147 Å². The molecule has 0 amide bonds. The molecule has 0 atom stereocenters. The number of hydrogen-bond donors (Lipinski definition) is 0. The first-order valence-electron chi connectivity index (χ1n) is 7.22. The second-order valence-electron chi connectivity index (χ2n) is 4.84. The lowest BCUT2D eigenvalue weighted by atomic mass is 10.2. The van der Waals surface area contributed by atoms with Crippen LogP contribution in [0.3, 0.4) is 0 Å². The lowest BCUT2D eigenvalue weighted by Gasteiger charge is -2.01. The van der Waals surface area contributed by atoms with Gasteiger partial charge in [-0.1, -0.05) is 42.5 Å². The molecule has 26 heavy (non-hydrogen) atoms. The van der Waals surface area contributed by atoms with Crippen LogP contribution in [-0.2, 0) is 19.2 Å². The van der Waals surface area contributed by atoms with Crippen molar-refractivity contribution >= 4 is 24.3 Å². The lowest BCUT2D eigenvalue weighted by Crippen LogP contribution is -1.89. The quantitative estimate of drug-likeness (QED) is 0.503. The van der Waals surface area contributed by atoms with Crippen LogP contribution in [-0.4, -0.2) is 24.3 Å². The van der Waals surface area contributed by atoms with Crippen molar-refractivity contribution < 1.29 is 19.2 Å². The lowest BCUT2D eigenvalue weighted by molar-refractivity contribution is 0.550. The van der Waals surface area contributed by atoms with E-state index in [4.69, 9.17) is 0 Å². The molecule has 0 heterocycles. The second-order valence-corrected chi connectivity index (χ2v) is 4.84. The molecule has 2 aliphatic rings. The van der Waals surface area contributed by atoms with Gasteiger partial charge in [0.25, 0.3) is 0 Å². The summed E-state index contributed by atoms with van der Waals surface area (Å²) < 4.78 is 0. The van der Waals surface area contributed by atoms with Crippen molar-refractivity contribution in [3.8, 4) is 11.1 Å².